The molecule has 1 aliphatic rings. The quantitative estimate of drug-likeness (QED) is 0.411. The normalized spacial score (nSPS) is 17.7. The van der Waals surface area contributed by atoms with Crippen LogP contribution in [-0.4, -0.2) is 65.5 Å². The van der Waals surface area contributed by atoms with E-state index >= 15 is 0 Å². The minimum absolute atomic E-state index is 0.00183. The summed E-state index contributed by atoms with van der Waals surface area (Å²) in [7, 11) is 0. The lowest BCUT2D eigenvalue weighted by Crippen LogP contribution is -2.55. The van der Waals surface area contributed by atoms with Crippen molar-refractivity contribution in [1.29, 1.82) is 0 Å². The fourth-order valence-electron chi connectivity index (χ4n) is 4.33. The van der Waals surface area contributed by atoms with E-state index in [2.05, 4.69) is 10.6 Å². The fraction of sp³-hybridized carbons (Fsp3) is 0.519. The molecule has 1 heterocycles. The Hall–Kier alpha value is -2.97. The van der Waals surface area contributed by atoms with Gasteiger partial charge in [-0.15, -0.1) is 0 Å². The molecule has 1 saturated heterocycles. The van der Waals surface area contributed by atoms with Gasteiger partial charge < -0.3 is 26.4 Å². The van der Waals surface area contributed by atoms with E-state index in [4.69, 9.17) is 5.73 Å². The Kier molecular flexibility index (Phi) is 8.86. The van der Waals surface area contributed by atoms with Gasteiger partial charge in [0.25, 0.3) is 0 Å². The number of hydrogen-bond acceptors (Lipinski definition) is 5. The van der Waals surface area contributed by atoms with Crippen molar-refractivity contribution in [2.45, 2.75) is 64.6 Å². The number of benzene rings is 2. The molecule has 0 spiro atoms. The van der Waals surface area contributed by atoms with Crippen molar-refractivity contribution in [3.05, 3.63) is 48.0 Å². The van der Waals surface area contributed by atoms with E-state index in [9.17, 15) is 19.5 Å². The Bertz CT molecular complexity index is 1050. The van der Waals surface area contributed by atoms with Gasteiger partial charge in [-0.1, -0.05) is 63.2 Å². The first-order valence-corrected chi connectivity index (χ1v) is 12.4. The van der Waals surface area contributed by atoms with E-state index < -0.39 is 29.5 Å². The van der Waals surface area contributed by atoms with Gasteiger partial charge in [0.05, 0.1) is 6.10 Å². The second kappa shape index (κ2) is 11.6. The van der Waals surface area contributed by atoms with E-state index in [1.165, 1.54) is 0 Å². The summed E-state index contributed by atoms with van der Waals surface area (Å²) in [5, 5.41) is 17.5. The Balaban J connectivity index is 1.79. The largest absolute Gasteiger partial charge is 0.390 e. The van der Waals surface area contributed by atoms with Crippen LogP contribution in [0.4, 0.5) is 0 Å². The van der Waals surface area contributed by atoms with E-state index in [1.54, 1.807) is 4.90 Å². The van der Waals surface area contributed by atoms with E-state index in [1.807, 2.05) is 63.2 Å². The summed E-state index contributed by atoms with van der Waals surface area (Å²) in [5.74, 6) is -0.772. The van der Waals surface area contributed by atoms with Crippen LogP contribution in [0.1, 0.15) is 45.6 Å². The average Bonchev–Trinajstić information content (AvgIpc) is 3.36. The molecule has 3 rings (SSSR count). The average molecular weight is 483 g/mol. The highest BCUT2D eigenvalue weighted by molar-refractivity contribution is 5.93. The molecule has 8 heteroatoms. The number of likely N-dealkylation sites (tertiary alicyclic amines) is 1. The Morgan fingerprint density at radius 1 is 1.17 bits per heavy atom. The van der Waals surface area contributed by atoms with Gasteiger partial charge in [0.15, 0.2) is 0 Å². The van der Waals surface area contributed by atoms with Gasteiger partial charge >= 0.3 is 0 Å². The summed E-state index contributed by atoms with van der Waals surface area (Å²) in [4.78, 5) is 41.1. The number of carbonyl (C=O) groups excluding carboxylic acids is 3. The highest BCUT2D eigenvalue weighted by atomic mass is 16.3. The number of hydrogen-bond donors (Lipinski definition) is 4. The lowest BCUT2D eigenvalue weighted by molar-refractivity contribution is -0.146. The van der Waals surface area contributed by atoms with Gasteiger partial charge in [0, 0.05) is 31.5 Å². The molecule has 3 unspecified atom stereocenters. The number of aliphatic hydroxyl groups is 1. The van der Waals surface area contributed by atoms with Crippen LogP contribution in [0.25, 0.3) is 10.8 Å². The zero-order chi connectivity index (χ0) is 25.6. The van der Waals surface area contributed by atoms with Crippen LogP contribution in [0, 0.1) is 5.41 Å². The highest BCUT2D eigenvalue weighted by Gasteiger charge is 2.40. The van der Waals surface area contributed by atoms with Crippen molar-refractivity contribution in [3.8, 4) is 0 Å². The predicted octanol–water partition coefficient (Wildman–Crippen LogP) is 1.73. The van der Waals surface area contributed by atoms with Crippen molar-refractivity contribution in [2.24, 2.45) is 11.1 Å². The van der Waals surface area contributed by atoms with Crippen molar-refractivity contribution in [2.75, 3.05) is 19.6 Å². The molecule has 3 amide bonds. The Labute approximate surface area is 207 Å². The van der Waals surface area contributed by atoms with Gasteiger partial charge in [-0.2, -0.15) is 0 Å². The molecule has 35 heavy (non-hydrogen) atoms. The zero-order valence-corrected chi connectivity index (χ0v) is 20.9. The van der Waals surface area contributed by atoms with Crippen LogP contribution in [-0.2, 0) is 20.8 Å². The Morgan fingerprint density at radius 2 is 1.89 bits per heavy atom. The van der Waals surface area contributed by atoms with Gasteiger partial charge in [0.1, 0.15) is 12.1 Å². The molecule has 190 valence electrons. The van der Waals surface area contributed by atoms with Crippen LogP contribution in [0.3, 0.4) is 0 Å². The minimum atomic E-state index is -0.866. The topological polar surface area (TPSA) is 125 Å². The maximum Gasteiger partial charge on any atom is 0.243 e. The molecule has 2 aromatic carbocycles. The molecule has 0 bridgehead atoms. The number of nitrogens with zero attached hydrogens (tertiary/aromatic N) is 1. The Morgan fingerprint density at radius 3 is 2.57 bits per heavy atom. The van der Waals surface area contributed by atoms with Crippen LogP contribution in [0.15, 0.2) is 42.5 Å². The van der Waals surface area contributed by atoms with E-state index in [0.717, 1.165) is 22.8 Å². The predicted molar refractivity (Wildman–Crippen MR) is 136 cm³/mol. The zero-order valence-electron chi connectivity index (χ0n) is 20.9. The van der Waals surface area contributed by atoms with Gasteiger partial charge in [-0.05, 0) is 35.6 Å². The third-order valence-electron chi connectivity index (χ3n) is 6.95. The number of nitrogens with two attached hydrogens (primary N) is 1. The standard InChI is InChI=1S/C27H38N4O4/c1-4-27(2,3)26(35)31-13-7-10-23(31)25(34)30-22(24(33)29-17-21(32)16-28)15-18-11-12-19-8-5-6-9-20(19)14-18/h5-6,8-9,11-12,14,21-23,32H,4,7,10,13,15-17,28H2,1-3H3,(H,29,33)(H,30,34). The minimum Gasteiger partial charge on any atom is -0.390 e. The molecule has 0 radical (unpaired) electrons. The van der Waals surface area contributed by atoms with Gasteiger partial charge in [-0.25, -0.2) is 0 Å². The maximum absolute atomic E-state index is 13.3. The summed E-state index contributed by atoms with van der Waals surface area (Å²) in [6.07, 6.45) is 1.40. The first-order valence-electron chi connectivity index (χ1n) is 12.4. The fourth-order valence-corrected chi connectivity index (χ4v) is 4.33. The summed E-state index contributed by atoms with van der Waals surface area (Å²) in [6.45, 7) is 6.29. The lowest BCUT2D eigenvalue weighted by atomic mass is 9.88. The molecule has 2 aromatic rings. The lowest BCUT2D eigenvalue weighted by Gasteiger charge is -2.32. The summed E-state index contributed by atoms with van der Waals surface area (Å²) >= 11 is 0. The molecule has 1 aliphatic heterocycles. The van der Waals surface area contributed by atoms with Crippen LogP contribution in [0.5, 0.6) is 0 Å². The molecule has 1 fully saturated rings. The van der Waals surface area contributed by atoms with Crippen LogP contribution >= 0.6 is 0 Å². The third kappa shape index (κ3) is 6.58. The van der Waals surface area contributed by atoms with Crippen LogP contribution in [0.2, 0.25) is 0 Å². The number of nitrogens with one attached hydrogen (secondary N) is 2. The first kappa shape index (κ1) is 26.6. The van der Waals surface area contributed by atoms with Crippen molar-refractivity contribution < 1.29 is 19.5 Å². The summed E-state index contributed by atoms with van der Waals surface area (Å²) < 4.78 is 0. The molecule has 0 aliphatic carbocycles. The summed E-state index contributed by atoms with van der Waals surface area (Å²) in [6, 6.07) is 12.4. The van der Waals surface area contributed by atoms with E-state index in [0.29, 0.717) is 19.4 Å². The molecule has 0 saturated carbocycles. The number of carbonyl (C=O) groups is 3. The van der Waals surface area contributed by atoms with Crippen molar-refractivity contribution in [3.63, 3.8) is 0 Å². The molecule has 0 aromatic heterocycles. The number of rotatable bonds is 10. The SMILES string of the molecule is CCC(C)(C)C(=O)N1CCCC1C(=O)NC(Cc1ccc2ccccc2c1)C(=O)NCC(O)CN. The first-order chi connectivity index (χ1) is 16.7. The third-order valence-corrected chi connectivity index (χ3v) is 6.95. The molecule has 5 N–H and O–H groups in total. The van der Waals surface area contributed by atoms with E-state index in [-0.39, 0.29) is 31.3 Å². The second-order valence-corrected chi connectivity index (χ2v) is 9.98. The second-order valence-electron chi connectivity index (χ2n) is 9.98. The molecular formula is C27H38N4O4. The molecular weight excluding hydrogens is 444 g/mol. The number of fused-ring (bicyclic) bond motifs is 1. The van der Waals surface area contributed by atoms with Crippen molar-refractivity contribution >= 4 is 28.5 Å². The van der Waals surface area contributed by atoms with Crippen LogP contribution < -0.4 is 16.4 Å². The summed E-state index contributed by atoms with van der Waals surface area (Å²) in [5.41, 5.74) is 5.80. The highest BCUT2D eigenvalue weighted by Crippen LogP contribution is 2.28. The molecule has 8 nitrogen and oxygen atoms in total. The van der Waals surface area contributed by atoms with Gasteiger partial charge in [0.2, 0.25) is 17.7 Å². The number of aliphatic hydroxyl groups excluding tert-OH is 1. The van der Waals surface area contributed by atoms with Crippen molar-refractivity contribution in [1.82, 2.24) is 15.5 Å². The monoisotopic (exact) mass is 482 g/mol. The molecule has 3 atom stereocenters. The number of amides is 3. The maximum atomic E-state index is 13.3. The van der Waals surface area contributed by atoms with Gasteiger partial charge in [-0.3, -0.25) is 14.4 Å². The smallest absolute Gasteiger partial charge is 0.243 e.